The molecule has 18 heavy (non-hydrogen) atoms. The van der Waals surface area contributed by atoms with Crippen molar-refractivity contribution in [2.24, 2.45) is 0 Å². The highest BCUT2D eigenvalue weighted by Crippen LogP contribution is 2.22. The lowest BCUT2D eigenvalue weighted by atomic mass is 10.1. The standard InChI is InChI=1S/C11H10N2.C5H10/c12-10-6-2-1-5-9(10)11-7-3-4-8-13-11;1-2-4-5-3-1/h1-8H,12H2;1-5H2. The lowest BCUT2D eigenvalue weighted by Gasteiger charge is -2.02. The maximum atomic E-state index is 5.81. The monoisotopic (exact) mass is 240 g/mol. The van der Waals surface area contributed by atoms with Gasteiger partial charge in [0.05, 0.1) is 5.69 Å². The van der Waals surface area contributed by atoms with Crippen LogP contribution in [0.2, 0.25) is 0 Å². The molecule has 0 saturated heterocycles. The molecule has 2 N–H and O–H groups in total. The van der Waals surface area contributed by atoms with Crippen molar-refractivity contribution in [3.05, 3.63) is 48.7 Å². The minimum Gasteiger partial charge on any atom is -0.398 e. The van der Waals surface area contributed by atoms with Crippen molar-refractivity contribution in [3.8, 4) is 11.3 Å². The number of pyridine rings is 1. The SMILES string of the molecule is C1CCCC1.Nc1ccccc1-c1ccccn1. The summed E-state index contributed by atoms with van der Waals surface area (Å²) in [4.78, 5) is 4.23. The van der Waals surface area contributed by atoms with Gasteiger partial charge in [-0.1, -0.05) is 56.4 Å². The summed E-state index contributed by atoms with van der Waals surface area (Å²) in [6, 6.07) is 13.5. The molecular formula is C16H20N2. The molecule has 0 bridgehead atoms. The second-order valence-electron chi connectivity index (χ2n) is 4.57. The molecule has 3 rings (SSSR count). The maximum absolute atomic E-state index is 5.81. The Bertz CT molecular complexity index is 454. The first-order chi connectivity index (χ1) is 8.88. The van der Waals surface area contributed by atoms with Crippen molar-refractivity contribution in [1.29, 1.82) is 0 Å². The van der Waals surface area contributed by atoms with Crippen LogP contribution in [0.1, 0.15) is 32.1 Å². The van der Waals surface area contributed by atoms with Crippen LogP contribution in [-0.2, 0) is 0 Å². The first-order valence-corrected chi connectivity index (χ1v) is 6.64. The van der Waals surface area contributed by atoms with Gasteiger partial charge in [-0.3, -0.25) is 4.98 Å². The van der Waals surface area contributed by atoms with Crippen LogP contribution in [0.3, 0.4) is 0 Å². The Balaban J connectivity index is 0.000000202. The zero-order chi connectivity index (χ0) is 12.6. The van der Waals surface area contributed by atoms with E-state index in [1.807, 2.05) is 42.5 Å². The van der Waals surface area contributed by atoms with Crippen LogP contribution in [0.5, 0.6) is 0 Å². The van der Waals surface area contributed by atoms with Crippen molar-refractivity contribution < 1.29 is 0 Å². The molecule has 1 aromatic heterocycles. The maximum Gasteiger partial charge on any atom is 0.0722 e. The lowest BCUT2D eigenvalue weighted by Crippen LogP contribution is -1.90. The highest BCUT2D eigenvalue weighted by Gasteiger charge is 2.00. The quantitative estimate of drug-likeness (QED) is 0.755. The Morgan fingerprint density at radius 3 is 1.94 bits per heavy atom. The number of nitrogen functional groups attached to an aromatic ring is 1. The van der Waals surface area contributed by atoms with E-state index in [2.05, 4.69) is 4.98 Å². The zero-order valence-electron chi connectivity index (χ0n) is 10.7. The van der Waals surface area contributed by atoms with Gasteiger partial charge in [0.1, 0.15) is 0 Å². The molecular weight excluding hydrogens is 220 g/mol. The third-order valence-corrected chi connectivity index (χ3v) is 3.15. The molecule has 0 amide bonds. The summed E-state index contributed by atoms with van der Waals surface area (Å²) in [7, 11) is 0. The van der Waals surface area contributed by atoms with Gasteiger partial charge in [-0.05, 0) is 18.2 Å². The number of nitrogens with zero attached hydrogens (tertiary/aromatic N) is 1. The average Bonchev–Trinajstić information content (AvgIpc) is 2.99. The fourth-order valence-corrected chi connectivity index (χ4v) is 2.14. The van der Waals surface area contributed by atoms with Crippen LogP contribution in [0, 0.1) is 0 Å². The van der Waals surface area contributed by atoms with Crippen LogP contribution in [0.4, 0.5) is 5.69 Å². The van der Waals surface area contributed by atoms with Gasteiger partial charge in [0.25, 0.3) is 0 Å². The van der Waals surface area contributed by atoms with Crippen molar-refractivity contribution in [3.63, 3.8) is 0 Å². The summed E-state index contributed by atoms with van der Waals surface area (Å²) >= 11 is 0. The van der Waals surface area contributed by atoms with Crippen LogP contribution in [0.25, 0.3) is 11.3 Å². The molecule has 1 aromatic carbocycles. The molecule has 2 nitrogen and oxygen atoms in total. The second-order valence-corrected chi connectivity index (χ2v) is 4.57. The average molecular weight is 240 g/mol. The van der Waals surface area contributed by atoms with E-state index in [0.29, 0.717) is 0 Å². The van der Waals surface area contributed by atoms with Gasteiger partial charge in [-0.15, -0.1) is 0 Å². The molecule has 0 spiro atoms. The van der Waals surface area contributed by atoms with Crippen LogP contribution in [0.15, 0.2) is 48.7 Å². The lowest BCUT2D eigenvalue weighted by molar-refractivity contribution is 0.886. The molecule has 1 saturated carbocycles. The summed E-state index contributed by atoms with van der Waals surface area (Å²) < 4.78 is 0. The third kappa shape index (κ3) is 3.59. The number of nitrogens with two attached hydrogens (primary N) is 1. The first kappa shape index (κ1) is 12.6. The number of hydrogen-bond donors (Lipinski definition) is 1. The van der Waals surface area contributed by atoms with Gasteiger partial charge >= 0.3 is 0 Å². The molecule has 0 unspecified atom stereocenters. The number of para-hydroxylation sites is 1. The van der Waals surface area contributed by atoms with Crippen LogP contribution in [-0.4, -0.2) is 4.98 Å². The van der Waals surface area contributed by atoms with Gasteiger partial charge in [-0.2, -0.15) is 0 Å². The van der Waals surface area contributed by atoms with Crippen molar-refractivity contribution in [1.82, 2.24) is 4.98 Å². The summed E-state index contributed by atoms with van der Waals surface area (Å²) in [5, 5.41) is 0. The third-order valence-electron chi connectivity index (χ3n) is 3.15. The Labute approximate surface area is 109 Å². The van der Waals surface area contributed by atoms with Crippen molar-refractivity contribution in [2.75, 3.05) is 5.73 Å². The summed E-state index contributed by atoms with van der Waals surface area (Å²) in [5.41, 5.74) is 8.48. The number of hydrogen-bond acceptors (Lipinski definition) is 2. The summed E-state index contributed by atoms with van der Waals surface area (Å²) in [6.07, 6.45) is 9.27. The highest BCUT2D eigenvalue weighted by molar-refractivity contribution is 5.73. The second kappa shape index (κ2) is 6.80. The first-order valence-electron chi connectivity index (χ1n) is 6.64. The van der Waals surface area contributed by atoms with Gasteiger partial charge in [-0.25, -0.2) is 0 Å². The molecule has 2 heteroatoms. The van der Waals surface area contributed by atoms with E-state index in [1.54, 1.807) is 6.20 Å². The van der Waals surface area contributed by atoms with Gasteiger partial charge in [0.15, 0.2) is 0 Å². The van der Waals surface area contributed by atoms with Crippen molar-refractivity contribution in [2.45, 2.75) is 32.1 Å². The molecule has 1 aliphatic rings. The zero-order valence-corrected chi connectivity index (χ0v) is 10.7. The molecule has 1 heterocycles. The highest BCUT2D eigenvalue weighted by atomic mass is 14.7. The minimum absolute atomic E-state index is 0.765. The van der Waals surface area contributed by atoms with E-state index in [0.717, 1.165) is 16.9 Å². The van der Waals surface area contributed by atoms with E-state index in [9.17, 15) is 0 Å². The summed E-state index contributed by atoms with van der Waals surface area (Å²) in [5.74, 6) is 0. The number of rotatable bonds is 1. The number of anilines is 1. The molecule has 0 atom stereocenters. The molecule has 2 aromatic rings. The normalized spacial score (nSPS) is 13.8. The Kier molecular flexibility index (Phi) is 4.77. The van der Waals surface area contributed by atoms with E-state index in [-0.39, 0.29) is 0 Å². The fraction of sp³-hybridized carbons (Fsp3) is 0.312. The van der Waals surface area contributed by atoms with E-state index >= 15 is 0 Å². The Morgan fingerprint density at radius 2 is 1.39 bits per heavy atom. The van der Waals surface area contributed by atoms with E-state index < -0.39 is 0 Å². The molecule has 0 aliphatic heterocycles. The smallest absolute Gasteiger partial charge is 0.0722 e. The van der Waals surface area contributed by atoms with E-state index in [4.69, 9.17) is 5.73 Å². The van der Waals surface area contributed by atoms with Crippen molar-refractivity contribution >= 4 is 5.69 Å². The largest absolute Gasteiger partial charge is 0.398 e. The molecule has 1 fully saturated rings. The predicted molar refractivity (Wildman–Crippen MR) is 77.2 cm³/mol. The topological polar surface area (TPSA) is 38.9 Å². The minimum atomic E-state index is 0.765. The summed E-state index contributed by atoms with van der Waals surface area (Å²) in [6.45, 7) is 0. The predicted octanol–water partition coefficient (Wildman–Crippen LogP) is 4.28. The number of aromatic nitrogens is 1. The fourth-order valence-electron chi connectivity index (χ4n) is 2.14. The van der Waals surface area contributed by atoms with Gasteiger partial charge in [0, 0.05) is 17.4 Å². The molecule has 0 radical (unpaired) electrons. The number of benzene rings is 1. The Hall–Kier alpha value is -1.83. The van der Waals surface area contributed by atoms with Gasteiger partial charge < -0.3 is 5.73 Å². The van der Waals surface area contributed by atoms with Gasteiger partial charge in [0.2, 0.25) is 0 Å². The van der Waals surface area contributed by atoms with E-state index in [1.165, 1.54) is 32.1 Å². The molecule has 1 aliphatic carbocycles. The molecule has 94 valence electrons. The Morgan fingerprint density at radius 1 is 0.778 bits per heavy atom. The van der Waals surface area contributed by atoms with Crippen LogP contribution >= 0.6 is 0 Å². The van der Waals surface area contributed by atoms with Crippen LogP contribution < -0.4 is 5.73 Å².